The van der Waals surface area contributed by atoms with Crippen LogP contribution in [0.2, 0.25) is 0 Å². The van der Waals surface area contributed by atoms with Gasteiger partial charge in [-0.25, -0.2) is 5.84 Å². The first-order valence-corrected chi connectivity index (χ1v) is 5.30. The lowest BCUT2D eigenvalue weighted by Gasteiger charge is -2.22. The van der Waals surface area contributed by atoms with E-state index in [0.717, 1.165) is 0 Å². The molecule has 1 unspecified atom stereocenters. The van der Waals surface area contributed by atoms with Crippen molar-refractivity contribution < 1.29 is 9.59 Å². The van der Waals surface area contributed by atoms with Crippen molar-refractivity contribution >= 4 is 29.4 Å². The molecule has 0 saturated carbocycles. The van der Waals surface area contributed by atoms with Crippen molar-refractivity contribution in [3.05, 3.63) is 6.07 Å². The maximum atomic E-state index is 11.5. The smallest absolute Gasteiger partial charge is 0.249 e. The predicted molar refractivity (Wildman–Crippen MR) is 64.0 cm³/mol. The number of nitrogens with zero attached hydrogens (tertiary/aromatic N) is 2. The molecule has 9 heteroatoms. The van der Waals surface area contributed by atoms with Crippen molar-refractivity contribution in [1.29, 1.82) is 0 Å². The Morgan fingerprint density at radius 2 is 2.06 bits per heavy atom. The second kappa shape index (κ2) is 4.84. The topological polar surface area (TPSA) is 148 Å². The fourth-order valence-corrected chi connectivity index (χ4v) is 1.62. The third kappa shape index (κ3) is 2.63. The Hall–Kier alpha value is -2.42. The minimum atomic E-state index is -0.525. The first-order chi connectivity index (χ1) is 8.58. The number of piperidine rings is 1. The summed E-state index contributed by atoms with van der Waals surface area (Å²) in [6.07, 6.45) is 0.686. The molecule has 1 aliphatic rings. The lowest BCUT2D eigenvalue weighted by Crippen LogP contribution is -2.47. The third-order valence-corrected chi connectivity index (χ3v) is 2.45. The summed E-state index contributed by atoms with van der Waals surface area (Å²) < 4.78 is 0. The van der Waals surface area contributed by atoms with Gasteiger partial charge in [0.1, 0.15) is 17.7 Å². The molecule has 1 aromatic rings. The van der Waals surface area contributed by atoms with Gasteiger partial charge in [-0.2, -0.15) is 9.97 Å². The molecule has 18 heavy (non-hydrogen) atoms. The average Bonchev–Trinajstić information content (AvgIpc) is 2.32. The molecular weight excluding hydrogens is 238 g/mol. The Morgan fingerprint density at radius 1 is 1.33 bits per heavy atom. The van der Waals surface area contributed by atoms with Gasteiger partial charge in [0.05, 0.1) is 0 Å². The van der Waals surface area contributed by atoms with Crippen molar-refractivity contribution in [3.63, 3.8) is 0 Å². The molecule has 7 N–H and O–H groups in total. The van der Waals surface area contributed by atoms with Crippen LogP contribution in [0.3, 0.4) is 0 Å². The van der Waals surface area contributed by atoms with E-state index in [-0.39, 0.29) is 24.2 Å². The Bertz CT molecular complexity index is 490. The van der Waals surface area contributed by atoms with Crippen molar-refractivity contribution in [3.8, 4) is 0 Å². The Kier molecular flexibility index (Phi) is 3.24. The third-order valence-electron chi connectivity index (χ3n) is 2.45. The summed E-state index contributed by atoms with van der Waals surface area (Å²) in [4.78, 5) is 30.3. The van der Waals surface area contributed by atoms with Crippen LogP contribution in [0.15, 0.2) is 6.07 Å². The molecule has 0 aromatic carbocycles. The van der Waals surface area contributed by atoms with E-state index in [4.69, 9.17) is 11.6 Å². The van der Waals surface area contributed by atoms with E-state index in [1.54, 1.807) is 0 Å². The number of hydrogen-bond acceptors (Lipinski definition) is 8. The van der Waals surface area contributed by atoms with Crippen LogP contribution in [-0.4, -0.2) is 27.8 Å². The van der Waals surface area contributed by atoms with Gasteiger partial charge in [-0.15, -0.1) is 0 Å². The Labute approximate surface area is 102 Å². The second-order valence-corrected chi connectivity index (χ2v) is 3.79. The molecule has 1 atom stereocenters. The number of hydrogen-bond donors (Lipinski definition) is 5. The Balaban J connectivity index is 2.11. The number of anilines is 3. The van der Waals surface area contributed by atoms with E-state index >= 15 is 0 Å². The number of nitrogens with one attached hydrogen (secondary N) is 3. The molecule has 96 valence electrons. The first kappa shape index (κ1) is 12.0. The highest BCUT2D eigenvalue weighted by Gasteiger charge is 2.26. The number of hydrazine groups is 1. The van der Waals surface area contributed by atoms with E-state index in [2.05, 4.69) is 26.0 Å². The molecular formula is C9H13N7O2. The van der Waals surface area contributed by atoms with Gasteiger partial charge in [-0.05, 0) is 6.42 Å². The summed E-state index contributed by atoms with van der Waals surface area (Å²) in [5, 5.41) is 5.11. The summed E-state index contributed by atoms with van der Waals surface area (Å²) in [5.74, 6) is 5.29. The fourth-order valence-electron chi connectivity index (χ4n) is 1.62. The number of nitrogens with two attached hydrogens (primary N) is 2. The van der Waals surface area contributed by atoms with Gasteiger partial charge < -0.3 is 16.5 Å². The van der Waals surface area contributed by atoms with Crippen LogP contribution >= 0.6 is 0 Å². The summed E-state index contributed by atoms with van der Waals surface area (Å²) in [7, 11) is 0. The number of imide groups is 1. The van der Waals surface area contributed by atoms with Crippen LogP contribution in [0.5, 0.6) is 0 Å². The molecule has 1 aliphatic heterocycles. The Morgan fingerprint density at radius 3 is 2.72 bits per heavy atom. The van der Waals surface area contributed by atoms with E-state index in [1.807, 2.05) is 0 Å². The zero-order valence-corrected chi connectivity index (χ0v) is 9.43. The minimum absolute atomic E-state index is 0.0280. The summed E-state index contributed by atoms with van der Waals surface area (Å²) >= 11 is 0. The van der Waals surface area contributed by atoms with Crippen molar-refractivity contribution in [2.75, 3.05) is 16.5 Å². The standard InChI is InChI=1S/C9H13N7O2/c10-9-13-5(3-6(14-9)16-11)12-4-1-2-7(17)15-8(4)18/h3-4H,1-2,11H2,(H,15,17,18)(H4,10,12,13,14,16). The van der Waals surface area contributed by atoms with Crippen LogP contribution in [0.4, 0.5) is 17.6 Å². The number of rotatable bonds is 3. The molecule has 2 heterocycles. The van der Waals surface area contributed by atoms with Gasteiger partial charge in [-0.1, -0.05) is 0 Å². The first-order valence-electron chi connectivity index (χ1n) is 5.30. The van der Waals surface area contributed by atoms with Crippen LogP contribution in [0.1, 0.15) is 12.8 Å². The highest BCUT2D eigenvalue weighted by atomic mass is 16.2. The van der Waals surface area contributed by atoms with E-state index in [9.17, 15) is 9.59 Å². The molecule has 1 fully saturated rings. The maximum absolute atomic E-state index is 11.5. The van der Waals surface area contributed by atoms with Crippen LogP contribution in [0, 0.1) is 0 Å². The van der Waals surface area contributed by atoms with Crippen LogP contribution in [-0.2, 0) is 9.59 Å². The maximum Gasteiger partial charge on any atom is 0.249 e. The molecule has 0 aliphatic carbocycles. The molecule has 0 bridgehead atoms. The highest BCUT2D eigenvalue weighted by molar-refractivity contribution is 6.01. The molecule has 2 rings (SSSR count). The highest BCUT2D eigenvalue weighted by Crippen LogP contribution is 2.15. The molecule has 0 radical (unpaired) electrons. The molecule has 1 saturated heterocycles. The van der Waals surface area contributed by atoms with E-state index in [0.29, 0.717) is 18.1 Å². The van der Waals surface area contributed by atoms with Crippen molar-refractivity contribution in [2.45, 2.75) is 18.9 Å². The molecule has 1 aromatic heterocycles. The number of carbonyl (C=O) groups is 2. The number of nitrogen functional groups attached to an aromatic ring is 2. The summed E-state index contributed by atoms with van der Waals surface area (Å²) in [5.41, 5.74) is 7.82. The van der Waals surface area contributed by atoms with E-state index in [1.165, 1.54) is 6.07 Å². The van der Waals surface area contributed by atoms with Crippen LogP contribution < -0.4 is 27.6 Å². The fraction of sp³-hybridized carbons (Fsp3) is 0.333. The zero-order chi connectivity index (χ0) is 13.1. The van der Waals surface area contributed by atoms with Gasteiger partial charge in [0.25, 0.3) is 0 Å². The van der Waals surface area contributed by atoms with Crippen molar-refractivity contribution in [2.24, 2.45) is 5.84 Å². The second-order valence-electron chi connectivity index (χ2n) is 3.79. The predicted octanol–water partition coefficient (Wildman–Crippen LogP) is -1.44. The van der Waals surface area contributed by atoms with Crippen molar-refractivity contribution in [1.82, 2.24) is 15.3 Å². The largest absolute Gasteiger partial charge is 0.368 e. The summed E-state index contributed by atoms with van der Waals surface area (Å²) in [6.45, 7) is 0. The van der Waals surface area contributed by atoms with Gasteiger partial charge in [0.2, 0.25) is 17.8 Å². The minimum Gasteiger partial charge on any atom is -0.368 e. The zero-order valence-electron chi connectivity index (χ0n) is 9.43. The average molecular weight is 251 g/mol. The van der Waals surface area contributed by atoms with Crippen LogP contribution in [0.25, 0.3) is 0 Å². The molecule has 0 spiro atoms. The number of amides is 2. The summed E-state index contributed by atoms with van der Waals surface area (Å²) in [6, 6.07) is 0.989. The number of aromatic nitrogens is 2. The monoisotopic (exact) mass is 251 g/mol. The van der Waals surface area contributed by atoms with Gasteiger partial charge in [0, 0.05) is 12.5 Å². The van der Waals surface area contributed by atoms with Gasteiger partial charge >= 0.3 is 0 Å². The molecule has 9 nitrogen and oxygen atoms in total. The van der Waals surface area contributed by atoms with Gasteiger partial charge in [0.15, 0.2) is 0 Å². The SMILES string of the molecule is NNc1cc(NC2CCC(=O)NC2=O)nc(N)n1. The lowest BCUT2D eigenvalue weighted by molar-refractivity contribution is -0.133. The number of carbonyl (C=O) groups excluding carboxylic acids is 2. The van der Waals surface area contributed by atoms with Gasteiger partial charge in [-0.3, -0.25) is 14.9 Å². The normalized spacial score (nSPS) is 19.3. The molecule has 2 amide bonds. The quantitative estimate of drug-likeness (QED) is 0.249. The lowest BCUT2D eigenvalue weighted by atomic mass is 10.1. The van der Waals surface area contributed by atoms with E-state index < -0.39 is 6.04 Å².